The van der Waals surface area contributed by atoms with Crippen LogP contribution in [0, 0.1) is 5.82 Å². The molecule has 6 heteroatoms. The van der Waals surface area contributed by atoms with Gasteiger partial charge >= 0.3 is 5.97 Å². The summed E-state index contributed by atoms with van der Waals surface area (Å²) in [7, 11) is 1.62. The second-order valence-electron chi connectivity index (χ2n) is 8.48. The maximum absolute atomic E-state index is 13.7. The predicted molar refractivity (Wildman–Crippen MR) is 123 cm³/mol. The molecule has 4 rings (SSSR count). The van der Waals surface area contributed by atoms with Crippen molar-refractivity contribution >= 4 is 11.8 Å². The Morgan fingerprint density at radius 3 is 2.36 bits per heavy atom. The van der Waals surface area contributed by atoms with Crippen LogP contribution in [0.1, 0.15) is 56.1 Å². The summed E-state index contributed by atoms with van der Waals surface area (Å²) in [5.41, 5.74) is 4.21. The predicted octanol–water partition coefficient (Wildman–Crippen LogP) is 5.15. The summed E-state index contributed by atoms with van der Waals surface area (Å²) < 4.78 is 24.3. The molecule has 1 aliphatic heterocycles. The molecule has 0 amide bonds. The van der Waals surface area contributed by atoms with E-state index >= 15 is 0 Å². The van der Waals surface area contributed by atoms with Crippen LogP contribution in [0.25, 0.3) is 0 Å². The number of hydrogen-bond acceptors (Lipinski definition) is 5. The van der Waals surface area contributed by atoms with Gasteiger partial charge in [-0.3, -0.25) is 4.79 Å². The highest BCUT2D eigenvalue weighted by molar-refractivity contribution is 6.04. The lowest BCUT2D eigenvalue weighted by molar-refractivity contribution is -0.139. The lowest BCUT2D eigenvalue weighted by Crippen LogP contribution is -2.36. The van der Waals surface area contributed by atoms with E-state index in [0.717, 1.165) is 17.0 Å². The van der Waals surface area contributed by atoms with Crippen molar-refractivity contribution in [1.29, 1.82) is 0 Å². The van der Waals surface area contributed by atoms with Gasteiger partial charge < -0.3 is 14.8 Å². The molecule has 33 heavy (non-hydrogen) atoms. The van der Waals surface area contributed by atoms with Crippen LogP contribution in [0.5, 0.6) is 5.75 Å². The number of Topliss-reactive ketones (excluding diaryl/α,β-unsaturated/α-hetero) is 1. The third kappa shape index (κ3) is 4.56. The molecule has 1 heterocycles. The lowest BCUT2D eigenvalue weighted by Gasteiger charge is -2.36. The quantitative estimate of drug-likeness (QED) is 0.618. The number of dihydropyridines is 1. The fourth-order valence-electron chi connectivity index (χ4n) is 4.68. The molecule has 2 unspecified atom stereocenters. The highest BCUT2D eigenvalue weighted by atomic mass is 19.1. The summed E-state index contributed by atoms with van der Waals surface area (Å²) in [5.74, 6) is -0.644. The minimum atomic E-state index is -0.587. The van der Waals surface area contributed by atoms with E-state index in [1.165, 1.54) is 12.1 Å². The third-order valence-corrected chi connectivity index (χ3v) is 6.28. The van der Waals surface area contributed by atoms with Crippen LogP contribution >= 0.6 is 0 Å². The average Bonchev–Trinajstić information content (AvgIpc) is 2.82. The summed E-state index contributed by atoms with van der Waals surface area (Å²) in [6.07, 6.45) is 1.67. The molecule has 0 saturated heterocycles. The zero-order chi connectivity index (χ0) is 23.5. The van der Waals surface area contributed by atoms with Crippen molar-refractivity contribution in [2.75, 3.05) is 13.7 Å². The van der Waals surface area contributed by atoms with Gasteiger partial charge in [0.25, 0.3) is 0 Å². The summed E-state index contributed by atoms with van der Waals surface area (Å²) in [6.45, 7) is 4.05. The number of ether oxygens (including phenoxy) is 2. The largest absolute Gasteiger partial charge is 0.497 e. The molecule has 1 N–H and O–H groups in total. The Bertz CT molecular complexity index is 1120. The second-order valence-corrected chi connectivity index (χ2v) is 8.48. The summed E-state index contributed by atoms with van der Waals surface area (Å²) in [4.78, 5) is 26.5. The minimum absolute atomic E-state index is 0.0184. The van der Waals surface area contributed by atoms with Gasteiger partial charge in [0.05, 0.1) is 19.3 Å². The van der Waals surface area contributed by atoms with Crippen molar-refractivity contribution in [2.45, 2.75) is 44.9 Å². The van der Waals surface area contributed by atoms with Gasteiger partial charge in [0.2, 0.25) is 0 Å². The number of rotatable bonds is 6. The monoisotopic (exact) mass is 449 g/mol. The minimum Gasteiger partial charge on any atom is -0.497 e. The van der Waals surface area contributed by atoms with Gasteiger partial charge in [0.1, 0.15) is 11.6 Å². The van der Waals surface area contributed by atoms with Gasteiger partial charge in [-0.1, -0.05) is 31.2 Å². The van der Waals surface area contributed by atoms with Gasteiger partial charge in [0.15, 0.2) is 5.78 Å². The van der Waals surface area contributed by atoms with Gasteiger partial charge in [-0.15, -0.1) is 0 Å². The molecule has 0 saturated carbocycles. The van der Waals surface area contributed by atoms with E-state index in [2.05, 4.69) is 5.32 Å². The molecule has 2 aromatic rings. The summed E-state index contributed by atoms with van der Waals surface area (Å²) in [6, 6.07) is 13.7. The van der Waals surface area contributed by atoms with Crippen molar-refractivity contribution in [3.05, 3.63) is 88.0 Å². The van der Waals surface area contributed by atoms with E-state index in [-0.39, 0.29) is 17.5 Å². The first-order chi connectivity index (χ1) is 15.9. The van der Waals surface area contributed by atoms with E-state index in [1.807, 2.05) is 38.1 Å². The fourth-order valence-corrected chi connectivity index (χ4v) is 4.68. The Morgan fingerprint density at radius 2 is 1.73 bits per heavy atom. The van der Waals surface area contributed by atoms with E-state index in [9.17, 15) is 14.0 Å². The second kappa shape index (κ2) is 9.61. The van der Waals surface area contributed by atoms with E-state index in [1.54, 1.807) is 19.2 Å². The molecule has 2 aromatic carbocycles. The number of nitrogens with one attached hydrogen (secondary N) is 1. The van der Waals surface area contributed by atoms with Crippen molar-refractivity contribution in [3.8, 4) is 5.75 Å². The summed E-state index contributed by atoms with van der Waals surface area (Å²) in [5, 5.41) is 3.33. The zero-order valence-corrected chi connectivity index (χ0v) is 19.1. The molecule has 2 aliphatic rings. The van der Waals surface area contributed by atoms with Crippen molar-refractivity contribution in [2.24, 2.45) is 0 Å². The molecule has 172 valence electrons. The highest BCUT2D eigenvalue weighted by Crippen LogP contribution is 2.45. The number of ketones is 1. The molecule has 1 aliphatic carbocycles. The smallest absolute Gasteiger partial charge is 0.336 e. The van der Waals surface area contributed by atoms with Gasteiger partial charge in [0, 0.05) is 29.3 Å². The Morgan fingerprint density at radius 1 is 1.06 bits per heavy atom. The van der Waals surface area contributed by atoms with Gasteiger partial charge in [-0.25, -0.2) is 9.18 Å². The van der Waals surface area contributed by atoms with Gasteiger partial charge in [-0.2, -0.15) is 0 Å². The number of methoxy groups -OCH3 is 1. The Labute approximate surface area is 193 Å². The topological polar surface area (TPSA) is 64.6 Å². The fraction of sp³-hybridized carbons (Fsp3) is 0.333. The zero-order valence-electron chi connectivity index (χ0n) is 19.1. The number of carbonyl (C=O) groups is 2. The number of allylic oxidation sites excluding steroid dienone is 3. The number of benzene rings is 2. The van der Waals surface area contributed by atoms with Crippen LogP contribution in [0.3, 0.4) is 0 Å². The van der Waals surface area contributed by atoms with E-state index in [0.29, 0.717) is 48.3 Å². The lowest BCUT2D eigenvalue weighted by atomic mass is 9.71. The van der Waals surface area contributed by atoms with Crippen LogP contribution in [0.4, 0.5) is 4.39 Å². The molecule has 2 atom stereocenters. The van der Waals surface area contributed by atoms with E-state index < -0.39 is 11.9 Å². The first-order valence-corrected chi connectivity index (χ1v) is 11.2. The first-order valence-electron chi connectivity index (χ1n) is 11.2. The van der Waals surface area contributed by atoms with Crippen LogP contribution in [0.2, 0.25) is 0 Å². The van der Waals surface area contributed by atoms with Crippen LogP contribution in [-0.2, 0) is 14.3 Å². The number of carbonyl (C=O) groups excluding carboxylic acids is 2. The molecule has 0 aromatic heterocycles. The highest BCUT2D eigenvalue weighted by Gasteiger charge is 2.41. The molecular formula is C27H28FNO4. The number of hydrogen-bond donors (Lipinski definition) is 1. The average molecular weight is 450 g/mol. The molecule has 5 nitrogen and oxygen atoms in total. The number of halogens is 1. The Hall–Kier alpha value is -3.41. The Balaban J connectivity index is 1.74. The molecule has 0 spiro atoms. The standard InChI is InChI=1S/C27H28FNO4/c1-4-13-33-27(31)24-16(2)29-22-14-19(17-7-11-21(32-3)12-8-17)15-23(30)26(22)25(24)18-5-9-20(28)10-6-18/h5-12,19,25,29H,4,13-15H2,1-3H3. The molecule has 0 radical (unpaired) electrons. The van der Waals surface area contributed by atoms with Crippen molar-refractivity contribution in [1.82, 2.24) is 5.32 Å². The third-order valence-electron chi connectivity index (χ3n) is 6.28. The van der Waals surface area contributed by atoms with E-state index in [4.69, 9.17) is 9.47 Å². The van der Waals surface area contributed by atoms with Crippen molar-refractivity contribution in [3.63, 3.8) is 0 Å². The molecule has 0 fully saturated rings. The molecule has 0 bridgehead atoms. The maximum atomic E-state index is 13.7. The SMILES string of the molecule is CCCOC(=O)C1=C(C)NC2=C(C(=O)CC(c3ccc(OC)cc3)C2)C1c1ccc(F)cc1. The summed E-state index contributed by atoms with van der Waals surface area (Å²) >= 11 is 0. The van der Waals surface area contributed by atoms with Crippen LogP contribution < -0.4 is 10.1 Å². The molecular weight excluding hydrogens is 421 g/mol. The van der Waals surface area contributed by atoms with Crippen LogP contribution in [0.15, 0.2) is 71.1 Å². The number of esters is 1. The normalized spacial score (nSPS) is 20.3. The van der Waals surface area contributed by atoms with Crippen molar-refractivity contribution < 1.29 is 23.5 Å². The first kappa shape index (κ1) is 22.8. The maximum Gasteiger partial charge on any atom is 0.336 e. The Kier molecular flexibility index (Phi) is 6.63. The van der Waals surface area contributed by atoms with Gasteiger partial charge in [-0.05, 0) is 61.1 Å². The van der Waals surface area contributed by atoms with Crippen LogP contribution in [-0.4, -0.2) is 25.5 Å².